The molecule has 0 aliphatic carbocycles. The first-order valence-electron chi connectivity index (χ1n) is 8.24. The van der Waals surface area contributed by atoms with E-state index in [1.54, 1.807) is 7.11 Å². The minimum absolute atomic E-state index is 0.194. The lowest BCUT2D eigenvalue weighted by Crippen LogP contribution is -2.35. The van der Waals surface area contributed by atoms with Crippen molar-refractivity contribution in [1.82, 2.24) is 4.90 Å². The predicted octanol–water partition coefficient (Wildman–Crippen LogP) is 3.51. The standard InChI is InChI=1S/C20H27NO2/c1-17(8-9-18-10-12-20(23-2)13-11-18)21(14-15-22)16-19-6-4-3-5-7-19/h3-7,10-13,17,22H,8-9,14-16H2,1-2H3/t17-/m1/s1. The molecule has 124 valence electrons. The number of aliphatic hydroxyl groups excluding tert-OH is 1. The second kappa shape index (κ2) is 9.33. The van der Waals surface area contributed by atoms with E-state index in [2.05, 4.69) is 48.2 Å². The fraction of sp³-hybridized carbons (Fsp3) is 0.400. The number of benzene rings is 2. The van der Waals surface area contributed by atoms with E-state index in [-0.39, 0.29) is 6.61 Å². The Bertz CT molecular complexity index is 554. The molecule has 1 N–H and O–H groups in total. The molecule has 0 aliphatic heterocycles. The zero-order valence-electron chi connectivity index (χ0n) is 14.1. The summed E-state index contributed by atoms with van der Waals surface area (Å²) in [7, 11) is 1.69. The van der Waals surface area contributed by atoms with Crippen molar-refractivity contribution in [1.29, 1.82) is 0 Å². The van der Waals surface area contributed by atoms with Gasteiger partial charge in [-0.2, -0.15) is 0 Å². The molecule has 0 saturated carbocycles. The molecule has 0 saturated heterocycles. The van der Waals surface area contributed by atoms with Crippen molar-refractivity contribution in [3.63, 3.8) is 0 Å². The third-order valence-corrected chi connectivity index (χ3v) is 4.25. The molecule has 2 aromatic carbocycles. The molecule has 0 spiro atoms. The summed E-state index contributed by atoms with van der Waals surface area (Å²) < 4.78 is 5.20. The maximum absolute atomic E-state index is 9.35. The second-order valence-corrected chi connectivity index (χ2v) is 5.92. The highest BCUT2D eigenvalue weighted by Crippen LogP contribution is 2.16. The van der Waals surface area contributed by atoms with Gasteiger partial charge in [-0.25, -0.2) is 0 Å². The molecule has 0 aliphatic rings. The highest BCUT2D eigenvalue weighted by Gasteiger charge is 2.14. The number of ether oxygens (including phenoxy) is 1. The lowest BCUT2D eigenvalue weighted by molar-refractivity contribution is 0.146. The number of hydrogen-bond acceptors (Lipinski definition) is 3. The average Bonchev–Trinajstić information content (AvgIpc) is 2.60. The van der Waals surface area contributed by atoms with E-state index in [0.29, 0.717) is 12.6 Å². The van der Waals surface area contributed by atoms with Crippen LogP contribution in [-0.2, 0) is 13.0 Å². The number of aliphatic hydroxyl groups is 1. The molecule has 3 nitrogen and oxygen atoms in total. The molecule has 2 rings (SSSR count). The maximum Gasteiger partial charge on any atom is 0.118 e. The van der Waals surface area contributed by atoms with Gasteiger partial charge in [0.25, 0.3) is 0 Å². The van der Waals surface area contributed by atoms with E-state index >= 15 is 0 Å². The third-order valence-electron chi connectivity index (χ3n) is 4.25. The van der Waals surface area contributed by atoms with Crippen molar-refractivity contribution in [2.45, 2.75) is 32.4 Å². The smallest absolute Gasteiger partial charge is 0.118 e. The maximum atomic E-state index is 9.35. The highest BCUT2D eigenvalue weighted by atomic mass is 16.5. The molecule has 2 aromatic rings. The Hall–Kier alpha value is -1.84. The summed E-state index contributed by atoms with van der Waals surface area (Å²) in [5, 5.41) is 9.35. The number of hydrogen-bond donors (Lipinski definition) is 1. The van der Waals surface area contributed by atoms with Crippen LogP contribution in [0.5, 0.6) is 5.75 Å². The molecule has 0 heterocycles. The van der Waals surface area contributed by atoms with Gasteiger partial charge in [-0.1, -0.05) is 42.5 Å². The molecule has 0 bridgehead atoms. The summed E-state index contributed by atoms with van der Waals surface area (Å²) >= 11 is 0. The van der Waals surface area contributed by atoms with Gasteiger partial charge in [-0.05, 0) is 43.0 Å². The lowest BCUT2D eigenvalue weighted by Gasteiger charge is -2.28. The van der Waals surface area contributed by atoms with Crippen LogP contribution < -0.4 is 4.74 Å². The van der Waals surface area contributed by atoms with E-state index in [4.69, 9.17) is 4.74 Å². The SMILES string of the molecule is COc1ccc(CC[C@@H](C)N(CCO)Cc2ccccc2)cc1. The van der Waals surface area contributed by atoms with Crippen LogP contribution in [0.4, 0.5) is 0 Å². The molecule has 1 atom stereocenters. The Morgan fingerprint density at radius 1 is 1.00 bits per heavy atom. The van der Waals surface area contributed by atoms with Crippen LogP contribution in [-0.4, -0.2) is 36.3 Å². The molecule has 23 heavy (non-hydrogen) atoms. The summed E-state index contributed by atoms with van der Waals surface area (Å²) in [6.45, 7) is 4.02. The van der Waals surface area contributed by atoms with Crippen LogP contribution in [0.1, 0.15) is 24.5 Å². The quantitative estimate of drug-likeness (QED) is 0.769. The van der Waals surface area contributed by atoms with Gasteiger partial charge >= 0.3 is 0 Å². The van der Waals surface area contributed by atoms with E-state index < -0.39 is 0 Å². The van der Waals surface area contributed by atoms with Crippen LogP contribution in [0, 0.1) is 0 Å². The number of nitrogens with zero attached hydrogens (tertiary/aromatic N) is 1. The largest absolute Gasteiger partial charge is 0.497 e. The Kier molecular flexibility index (Phi) is 7.11. The fourth-order valence-corrected chi connectivity index (χ4v) is 2.75. The first kappa shape index (κ1) is 17.5. The summed E-state index contributed by atoms with van der Waals surface area (Å²) in [5.41, 5.74) is 2.61. The van der Waals surface area contributed by atoms with Crippen molar-refractivity contribution in [2.24, 2.45) is 0 Å². The zero-order chi connectivity index (χ0) is 16.5. The molecule has 0 radical (unpaired) electrons. The summed E-state index contributed by atoms with van der Waals surface area (Å²) in [4.78, 5) is 2.35. The second-order valence-electron chi connectivity index (χ2n) is 5.92. The van der Waals surface area contributed by atoms with Crippen molar-refractivity contribution in [3.05, 3.63) is 65.7 Å². The first-order valence-corrected chi connectivity index (χ1v) is 8.24. The minimum Gasteiger partial charge on any atom is -0.497 e. The lowest BCUT2D eigenvalue weighted by atomic mass is 10.0. The Balaban J connectivity index is 1.90. The van der Waals surface area contributed by atoms with Crippen LogP contribution in [0.2, 0.25) is 0 Å². The molecule has 0 unspecified atom stereocenters. The molecular formula is C20H27NO2. The van der Waals surface area contributed by atoms with E-state index in [0.717, 1.165) is 25.1 Å². The van der Waals surface area contributed by atoms with E-state index in [1.165, 1.54) is 11.1 Å². The van der Waals surface area contributed by atoms with Gasteiger partial charge in [0.2, 0.25) is 0 Å². The Labute approximate surface area is 139 Å². The molecule has 3 heteroatoms. The van der Waals surface area contributed by atoms with E-state index in [1.807, 2.05) is 18.2 Å². The first-order chi connectivity index (χ1) is 11.2. The summed E-state index contributed by atoms with van der Waals surface area (Å²) in [6.07, 6.45) is 2.10. The number of rotatable bonds is 9. The average molecular weight is 313 g/mol. The van der Waals surface area contributed by atoms with Crippen LogP contribution in [0.15, 0.2) is 54.6 Å². The van der Waals surface area contributed by atoms with Crippen molar-refractivity contribution < 1.29 is 9.84 Å². The molecule has 0 amide bonds. The topological polar surface area (TPSA) is 32.7 Å². The summed E-state index contributed by atoms with van der Waals surface area (Å²) in [5.74, 6) is 0.896. The van der Waals surface area contributed by atoms with Gasteiger partial charge in [0.05, 0.1) is 13.7 Å². The van der Waals surface area contributed by atoms with Crippen LogP contribution >= 0.6 is 0 Å². The van der Waals surface area contributed by atoms with Gasteiger partial charge in [-0.3, -0.25) is 4.90 Å². The van der Waals surface area contributed by atoms with Gasteiger partial charge in [-0.15, -0.1) is 0 Å². The van der Waals surface area contributed by atoms with Crippen molar-refractivity contribution >= 4 is 0 Å². The molecular weight excluding hydrogens is 286 g/mol. The molecule has 0 aromatic heterocycles. The van der Waals surface area contributed by atoms with Crippen molar-refractivity contribution in [2.75, 3.05) is 20.3 Å². The van der Waals surface area contributed by atoms with E-state index in [9.17, 15) is 5.11 Å². The Morgan fingerprint density at radius 3 is 2.30 bits per heavy atom. The van der Waals surface area contributed by atoms with Crippen LogP contribution in [0.25, 0.3) is 0 Å². The zero-order valence-corrected chi connectivity index (χ0v) is 14.1. The predicted molar refractivity (Wildman–Crippen MR) is 94.7 cm³/mol. The number of methoxy groups -OCH3 is 1. The van der Waals surface area contributed by atoms with Gasteiger partial charge in [0.1, 0.15) is 5.75 Å². The third kappa shape index (κ3) is 5.70. The van der Waals surface area contributed by atoms with Gasteiger partial charge < -0.3 is 9.84 Å². The fourth-order valence-electron chi connectivity index (χ4n) is 2.75. The molecule has 0 fully saturated rings. The Morgan fingerprint density at radius 2 is 1.70 bits per heavy atom. The summed E-state index contributed by atoms with van der Waals surface area (Å²) in [6, 6.07) is 19.1. The van der Waals surface area contributed by atoms with Gasteiger partial charge in [0, 0.05) is 19.1 Å². The number of aryl methyl sites for hydroxylation is 1. The van der Waals surface area contributed by atoms with Gasteiger partial charge in [0.15, 0.2) is 0 Å². The normalized spacial score (nSPS) is 12.3. The highest BCUT2D eigenvalue weighted by molar-refractivity contribution is 5.27. The monoisotopic (exact) mass is 313 g/mol. The van der Waals surface area contributed by atoms with Crippen molar-refractivity contribution in [3.8, 4) is 5.75 Å². The minimum atomic E-state index is 0.194. The van der Waals surface area contributed by atoms with Crippen LogP contribution in [0.3, 0.4) is 0 Å².